The Labute approximate surface area is 140 Å². The molecule has 2 rings (SSSR count). The minimum Gasteiger partial charge on any atom is -0.497 e. The van der Waals surface area contributed by atoms with Crippen LogP contribution in [0.2, 0.25) is 0 Å². The lowest BCUT2D eigenvalue weighted by molar-refractivity contribution is -0.130. The van der Waals surface area contributed by atoms with Gasteiger partial charge in [-0.25, -0.2) is 4.98 Å². The van der Waals surface area contributed by atoms with E-state index in [2.05, 4.69) is 11.6 Å². The molecule has 0 aliphatic heterocycles. The molecule has 0 unspecified atom stereocenters. The van der Waals surface area contributed by atoms with Crippen LogP contribution in [0.15, 0.2) is 36.9 Å². The second-order valence-electron chi connectivity index (χ2n) is 5.15. The molecule has 1 aromatic carbocycles. The van der Waals surface area contributed by atoms with E-state index in [1.807, 2.05) is 31.2 Å². The lowest BCUT2D eigenvalue weighted by atomic mass is 10.2. The Balaban J connectivity index is 2.11. The molecule has 1 heterocycles. The second kappa shape index (κ2) is 7.78. The molecule has 5 nitrogen and oxygen atoms in total. The second-order valence-corrected chi connectivity index (χ2v) is 6.27. The smallest absolute Gasteiger partial charge is 0.228 e. The minimum absolute atomic E-state index is 0.0273. The number of ether oxygens (including phenoxy) is 1. The van der Waals surface area contributed by atoms with Crippen molar-refractivity contribution in [3.05, 3.63) is 53.1 Å². The van der Waals surface area contributed by atoms with Crippen molar-refractivity contribution in [3.8, 4) is 5.75 Å². The van der Waals surface area contributed by atoms with E-state index < -0.39 is 0 Å². The highest BCUT2D eigenvalue weighted by Crippen LogP contribution is 2.21. The number of nitrogens with zero attached hydrogens (tertiary/aromatic N) is 2. The Morgan fingerprint density at radius 2 is 2.30 bits per heavy atom. The molecule has 0 bridgehead atoms. The van der Waals surface area contributed by atoms with Gasteiger partial charge in [0.15, 0.2) is 5.13 Å². The molecule has 2 N–H and O–H groups in total. The number of rotatable bonds is 7. The summed E-state index contributed by atoms with van der Waals surface area (Å²) in [4.78, 5) is 19.4. The summed E-state index contributed by atoms with van der Waals surface area (Å²) in [5.41, 5.74) is 7.53. The Morgan fingerprint density at radius 1 is 1.52 bits per heavy atom. The van der Waals surface area contributed by atoms with Crippen molar-refractivity contribution in [1.82, 2.24) is 9.88 Å². The van der Waals surface area contributed by atoms with Crippen LogP contribution in [0.25, 0.3) is 0 Å². The van der Waals surface area contributed by atoms with Gasteiger partial charge in [0.1, 0.15) is 5.75 Å². The highest BCUT2D eigenvalue weighted by Gasteiger charge is 2.17. The largest absolute Gasteiger partial charge is 0.497 e. The average molecular weight is 331 g/mol. The fourth-order valence-corrected chi connectivity index (χ4v) is 3.09. The van der Waals surface area contributed by atoms with Gasteiger partial charge in [0, 0.05) is 18.0 Å². The number of anilines is 1. The number of carbonyl (C=O) groups excluding carboxylic acids is 1. The first-order valence-corrected chi connectivity index (χ1v) is 8.08. The van der Waals surface area contributed by atoms with Crippen LogP contribution < -0.4 is 10.5 Å². The molecular formula is C17H21N3O2S. The summed E-state index contributed by atoms with van der Waals surface area (Å²) in [6, 6.07) is 7.70. The van der Waals surface area contributed by atoms with Gasteiger partial charge in [0.2, 0.25) is 5.91 Å². The van der Waals surface area contributed by atoms with Gasteiger partial charge in [-0.15, -0.1) is 17.9 Å². The van der Waals surface area contributed by atoms with Crippen molar-refractivity contribution >= 4 is 22.4 Å². The number of nitrogen functional groups attached to an aromatic ring is 1. The highest BCUT2D eigenvalue weighted by molar-refractivity contribution is 7.15. The number of methoxy groups -OCH3 is 1. The molecule has 1 aromatic heterocycles. The minimum atomic E-state index is 0.0273. The number of hydrogen-bond donors (Lipinski definition) is 1. The predicted octanol–water partition coefficient (Wildman–Crippen LogP) is 2.80. The first-order chi connectivity index (χ1) is 11.0. The molecule has 0 aliphatic rings. The first-order valence-electron chi connectivity index (χ1n) is 7.27. The van der Waals surface area contributed by atoms with E-state index in [1.54, 1.807) is 18.1 Å². The summed E-state index contributed by atoms with van der Waals surface area (Å²) in [7, 11) is 1.63. The van der Waals surface area contributed by atoms with Gasteiger partial charge in [-0.3, -0.25) is 4.79 Å². The lowest BCUT2D eigenvalue weighted by Gasteiger charge is -2.21. The average Bonchev–Trinajstić information content (AvgIpc) is 2.84. The van der Waals surface area contributed by atoms with Crippen molar-refractivity contribution in [2.24, 2.45) is 0 Å². The van der Waals surface area contributed by atoms with Gasteiger partial charge < -0.3 is 15.4 Å². The Morgan fingerprint density at radius 3 is 2.91 bits per heavy atom. The molecule has 0 aliphatic carbocycles. The van der Waals surface area contributed by atoms with Gasteiger partial charge in [0.05, 0.1) is 19.2 Å². The lowest BCUT2D eigenvalue weighted by Crippen LogP contribution is -2.32. The zero-order chi connectivity index (χ0) is 16.8. The molecule has 0 saturated carbocycles. The maximum absolute atomic E-state index is 12.6. The fourth-order valence-electron chi connectivity index (χ4n) is 2.27. The van der Waals surface area contributed by atoms with Crippen LogP contribution in [0.4, 0.5) is 5.13 Å². The summed E-state index contributed by atoms with van der Waals surface area (Å²) in [6.07, 6.45) is 2.03. The summed E-state index contributed by atoms with van der Waals surface area (Å²) in [5, 5.41) is 0.494. The van der Waals surface area contributed by atoms with E-state index in [0.29, 0.717) is 24.6 Å². The quantitative estimate of drug-likeness (QED) is 0.792. The third kappa shape index (κ3) is 4.56. The molecule has 0 saturated heterocycles. The van der Waals surface area contributed by atoms with Crippen LogP contribution in [0.3, 0.4) is 0 Å². The maximum atomic E-state index is 12.6. The van der Waals surface area contributed by atoms with Crippen LogP contribution in [0, 0.1) is 6.92 Å². The number of aryl methyl sites for hydroxylation is 1. The maximum Gasteiger partial charge on any atom is 0.228 e. The molecule has 2 aromatic rings. The fraction of sp³-hybridized carbons (Fsp3) is 0.294. The molecule has 0 fully saturated rings. The molecule has 0 atom stereocenters. The van der Waals surface area contributed by atoms with Gasteiger partial charge in [-0.2, -0.15) is 0 Å². The summed E-state index contributed by atoms with van der Waals surface area (Å²) < 4.78 is 5.23. The van der Waals surface area contributed by atoms with Crippen molar-refractivity contribution in [3.63, 3.8) is 0 Å². The molecule has 0 radical (unpaired) electrons. The number of thiazole rings is 1. The summed E-state index contributed by atoms with van der Waals surface area (Å²) >= 11 is 1.36. The van der Waals surface area contributed by atoms with E-state index in [0.717, 1.165) is 21.9 Å². The normalized spacial score (nSPS) is 10.3. The van der Waals surface area contributed by atoms with Crippen LogP contribution in [-0.4, -0.2) is 29.4 Å². The van der Waals surface area contributed by atoms with Crippen LogP contribution >= 0.6 is 11.3 Å². The predicted molar refractivity (Wildman–Crippen MR) is 93.6 cm³/mol. The van der Waals surface area contributed by atoms with Gasteiger partial charge in [-0.1, -0.05) is 18.2 Å². The number of carbonyl (C=O) groups is 1. The molecular weight excluding hydrogens is 310 g/mol. The van der Waals surface area contributed by atoms with E-state index in [4.69, 9.17) is 10.5 Å². The number of benzene rings is 1. The summed E-state index contributed by atoms with van der Waals surface area (Å²) in [5.74, 6) is 0.805. The molecule has 0 spiro atoms. The van der Waals surface area contributed by atoms with Gasteiger partial charge in [0.25, 0.3) is 0 Å². The monoisotopic (exact) mass is 331 g/mol. The third-order valence-corrected chi connectivity index (χ3v) is 4.42. The number of nitrogens with two attached hydrogens (primary N) is 1. The van der Waals surface area contributed by atoms with E-state index in [-0.39, 0.29) is 5.91 Å². The Hall–Kier alpha value is -2.34. The Bertz CT molecular complexity index is 697. The zero-order valence-electron chi connectivity index (χ0n) is 13.4. The van der Waals surface area contributed by atoms with E-state index >= 15 is 0 Å². The van der Waals surface area contributed by atoms with Crippen molar-refractivity contribution in [1.29, 1.82) is 0 Å². The Kier molecular flexibility index (Phi) is 5.76. The molecule has 6 heteroatoms. The van der Waals surface area contributed by atoms with E-state index in [9.17, 15) is 4.79 Å². The van der Waals surface area contributed by atoms with Crippen molar-refractivity contribution < 1.29 is 9.53 Å². The van der Waals surface area contributed by atoms with E-state index in [1.165, 1.54) is 11.3 Å². The highest BCUT2D eigenvalue weighted by atomic mass is 32.1. The molecule has 1 amide bonds. The van der Waals surface area contributed by atoms with Gasteiger partial charge >= 0.3 is 0 Å². The number of aromatic nitrogens is 1. The molecule has 122 valence electrons. The summed E-state index contributed by atoms with van der Waals surface area (Å²) in [6.45, 7) is 6.61. The first kappa shape index (κ1) is 17.0. The molecule has 23 heavy (non-hydrogen) atoms. The van der Waals surface area contributed by atoms with Crippen molar-refractivity contribution in [2.45, 2.75) is 19.9 Å². The standard InChI is InChI=1S/C17H21N3O2S/c1-4-8-20(11-13-6-5-7-14(9-13)22-3)16(21)10-15-12(2)19-17(18)23-15/h4-7,9H,1,8,10-11H2,2-3H3,(H2,18,19). The van der Waals surface area contributed by atoms with Crippen LogP contribution in [-0.2, 0) is 17.8 Å². The van der Waals surface area contributed by atoms with Crippen molar-refractivity contribution in [2.75, 3.05) is 19.4 Å². The van der Waals surface area contributed by atoms with Crippen LogP contribution in [0.5, 0.6) is 5.75 Å². The number of amides is 1. The zero-order valence-corrected chi connectivity index (χ0v) is 14.2. The van der Waals surface area contributed by atoms with Crippen LogP contribution in [0.1, 0.15) is 16.1 Å². The number of hydrogen-bond acceptors (Lipinski definition) is 5. The topological polar surface area (TPSA) is 68.5 Å². The third-order valence-electron chi connectivity index (χ3n) is 3.43. The van der Waals surface area contributed by atoms with Gasteiger partial charge in [-0.05, 0) is 24.6 Å². The SMILES string of the molecule is C=CCN(Cc1cccc(OC)c1)C(=O)Cc1sc(N)nc1C.